The smallest absolute Gasteiger partial charge is 0.130 e. The molecule has 0 heterocycles. The van der Waals surface area contributed by atoms with Crippen LogP contribution in [0.3, 0.4) is 0 Å². The Kier molecular flexibility index (Phi) is 8.43. The zero-order valence-electron chi connectivity index (χ0n) is 12.7. The van der Waals surface area contributed by atoms with Crippen molar-refractivity contribution in [3.63, 3.8) is 0 Å². The fourth-order valence-corrected chi connectivity index (χ4v) is 2.42. The van der Waals surface area contributed by atoms with Gasteiger partial charge in [-0.3, -0.25) is 0 Å². The summed E-state index contributed by atoms with van der Waals surface area (Å²) in [5.41, 5.74) is 0.593. The number of hydrogen-bond donors (Lipinski definition) is 1. The van der Waals surface area contributed by atoms with Gasteiger partial charge in [0.25, 0.3) is 0 Å². The predicted molar refractivity (Wildman–Crippen MR) is 80.8 cm³/mol. The first-order chi connectivity index (χ1) is 9.69. The Balaban J connectivity index is 2.58. The van der Waals surface area contributed by atoms with E-state index in [9.17, 15) is 8.78 Å². The lowest BCUT2D eigenvalue weighted by atomic mass is 9.99. The molecule has 0 aromatic heterocycles. The van der Waals surface area contributed by atoms with Gasteiger partial charge in [-0.25, -0.2) is 8.78 Å². The van der Waals surface area contributed by atoms with Crippen molar-refractivity contribution >= 4 is 0 Å². The zero-order chi connectivity index (χ0) is 14.8. The van der Waals surface area contributed by atoms with E-state index in [0.717, 1.165) is 31.9 Å². The summed E-state index contributed by atoms with van der Waals surface area (Å²) in [6.07, 6.45) is 7.91. The second-order valence-electron chi connectivity index (χ2n) is 5.38. The van der Waals surface area contributed by atoms with E-state index in [4.69, 9.17) is 0 Å². The van der Waals surface area contributed by atoms with Crippen LogP contribution in [0, 0.1) is 11.6 Å². The lowest BCUT2D eigenvalue weighted by molar-refractivity contribution is 0.447. The van der Waals surface area contributed by atoms with Crippen LogP contribution in [0.1, 0.15) is 70.4 Å². The topological polar surface area (TPSA) is 12.0 Å². The maximum Gasteiger partial charge on any atom is 0.130 e. The van der Waals surface area contributed by atoms with Crippen LogP contribution in [-0.4, -0.2) is 6.54 Å². The van der Waals surface area contributed by atoms with Crippen LogP contribution < -0.4 is 5.32 Å². The van der Waals surface area contributed by atoms with Crippen molar-refractivity contribution in [2.75, 3.05) is 6.54 Å². The van der Waals surface area contributed by atoms with E-state index in [-0.39, 0.29) is 6.04 Å². The second-order valence-corrected chi connectivity index (χ2v) is 5.38. The van der Waals surface area contributed by atoms with Gasteiger partial charge < -0.3 is 5.32 Å². The molecular formula is C17H27F2N. The molecule has 0 radical (unpaired) electrons. The molecule has 114 valence electrons. The van der Waals surface area contributed by atoms with E-state index in [1.54, 1.807) is 6.07 Å². The molecular weight excluding hydrogens is 256 g/mol. The molecule has 0 fully saturated rings. The monoisotopic (exact) mass is 283 g/mol. The Hall–Kier alpha value is -0.960. The fourth-order valence-electron chi connectivity index (χ4n) is 2.42. The zero-order valence-corrected chi connectivity index (χ0v) is 12.7. The number of hydrogen-bond acceptors (Lipinski definition) is 1. The molecule has 3 heteroatoms. The number of nitrogens with one attached hydrogen (secondary N) is 1. The van der Waals surface area contributed by atoms with Gasteiger partial charge in [-0.05, 0) is 25.5 Å². The van der Waals surface area contributed by atoms with Gasteiger partial charge in [0.2, 0.25) is 0 Å². The van der Waals surface area contributed by atoms with Gasteiger partial charge >= 0.3 is 0 Å². The Morgan fingerprint density at radius 1 is 1.00 bits per heavy atom. The molecule has 0 bridgehead atoms. The Bertz CT molecular complexity index is 379. The fraction of sp³-hybridized carbons (Fsp3) is 0.647. The van der Waals surface area contributed by atoms with Crippen LogP contribution in [0.25, 0.3) is 0 Å². The molecule has 0 aliphatic rings. The molecule has 0 amide bonds. The van der Waals surface area contributed by atoms with Crippen LogP contribution in [0.15, 0.2) is 18.2 Å². The van der Waals surface area contributed by atoms with Crippen molar-refractivity contribution in [2.45, 2.75) is 64.8 Å². The molecule has 0 saturated heterocycles. The Morgan fingerprint density at radius 3 is 2.40 bits per heavy atom. The summed E-state index contributed by atoms with van der Waals surface area (Å²) in [6.45, 7) is 5.14. The predicted octanol–water partition coefficient (Wildman–Crippen LogP) is 5.37. The van der Waals surface area contributed by atoms with Crippen molar-refractivity contribution < 1.29 is 8.78 Å². The van der Waals surface area contributed by atoms with E-state index < -0.39 is 11.6 Å². The van der Waals surface area contributed by atoms with Gasteiger partial charge in [0, 0.05) is 17.7 Å². The van der Waals surface area contributed by atoms with Gasteiger partial charge in [-0.1, -0.05) is 52.0 Å². The van der Waals surface area contributed by atoms with E-state index in [0.29, 0.717) is 5.56 Å². The van der Waals surface area contributed by atoms with Crippen LogP contribution in [0.4, 0.5) is 8.78 Å². The molecule has 1 unspecified atom stereocenters. The summed E-state index contributed by atoms with van der Waals surface area (Å²) < 4.78 is 26.9. The van der Waals surface area contributed by atoms with Crippen LogP contribution in [-0.2, 0) is 0 Å². The molecule has 1 atom stereocenters. The van der Waals surface area contributed by atoms with Gasteiger partial charge in [0.05, 0.1) is 0 Å². The van der Waals surface area contributed by atoms with Gasteiger partial charge in [0.1, 0.15) is 11.6 Å². The molecule has 1 aromatic carbocycles. The molecule has 1 aromatic rings. The summed E-state index contributed by atoms with van der Waals surface area (Å²) in [4.78, 5) is 0. The molecule has 0 saturated carbocycles. The van der Waals surface area contributed by atoms with Crippen LogP contribution >= 0.6 is 0 Å². The minimum atomic E-state index is -0.511. The lowest BCUT2D eigenvalue weighted by Crippen LogP contribution is -2.23. The number of halogens is 2. The summed E-state index contributed by atoms with van der Waals surface area (Å²) >= 11 is 0. The third kappa shape index (κ3) is 6.00. The quantitative estimate of drug-likeness (QED) is 0.569. The molecule has 1 rings (SSSR count). The second kappa shape index (κ2) is 9.87. The number of unbranched alkanes of at least 4 members (excludes halogenated alkanes) is 4. The molecule has 20 heavy (non-hydrogen) atoms. The normalized spacial score (nSPS) is 12.6. The SMILES string of the molecule is CCCCCCCC(NCCC)c1ccc(F)cc1F. The molecule has 0 aliphatic heterocycles. The first-order valence-electron chi connectivity index (χ1n) is 7.87. The van der Waals surface area contributed by atoms with Crippen LogP contribution in [0.5, 0.6) is 0 Å². The summed E-state index contributed by atoms with van der Waals surface area (Å²) in [7, 11) is 0. The first-order valence-corrected chi connectivity index (χ1v) is 7.87. The summed E-state index contributed by atoms with van der Waals surface area (Å²) in [5.74, 6) is -0.949. The van der Waals surface area contributed by atoms with Gasteiger partial charge in [0.15, 0.2) is 0 Å². The molecule has 0 spiro atoms. The Labute approximate surface area is 121 Å². The maximum atomic E-state index is 13.9. The summed E-state index contributed by atoms with van der Waals surface area (Å²) in [5, 5.41) is 3.37. The average Bonchev–Trinajstić information content (AvgIpc) is 2.43. The standard InChI is InChI=1S/C17H27F2N/c1-3-5-6-7-8-9-17(20-12-4-2)15-11-10-14(18)13-16(15)19/h10-11,13,17,20H,3-9,12H2,1-2H3. The van der Waals surface area contributed by atoms with Gasteiger partial charge in [-0.15, -0.1) is 0 Å². The number of rotatable bonds is 10. The molecule has 1 N–H and O–H groups in total. The Morgan fingerprint density at radius 2 is 1.75 bits per heavy atom. The van der Waals surface area contributed by atoms with Crippen molar-refractivity contribution in [3.05, 3.63) is 35.4 Å². The van der Waals surface area contributed by atoms with E-state index in [1.807, 2.05) is 0 Å². The van der Waals surface area contributed by atoms with Crippen LogP contribution in [0.2, 0.25) is 0 Å². The molecule has 0 aliphatic carbocycles. The minimum Gasteiger partial charge on any atom is -0.310 e. The summed E-state index contributed by atoms with van der Waals surface area (Å²) in [6, 6.07) is 3.89. The minimum absolute atomic E-state index is 0.00261. The van der Waals surface area contributed by atoms with Crippen molar-refractivity contribution in [3.8, 4) is 0 Å². The average molecular weight is 283 g/mol. The highest BCUT2D eigenvalue weighted by Gasteiger charge is 2.15. The van der Waals surface area contributed by atoms with E-state index >= 15 is 0 Å². The highest BCUT2D eigenvalue weighted by atomic mass is 19.1. The van der Waals surface area contributed by atoms with Gasteiger partial charge in [-0.2, -0.15) is 0 Å². The lowest BCUT2D eigenvalue weighted by Gasteiger charge is -2.19. The first kappa shape index (κ1) is 17.1. The third-order valence-corrected chi connectivity index (χ3v) is 3.58. The largest absolute Gasteiger partial charge is 0.310 e. The van der Waals surface area contributed by atoms with Crippen molar-refractivity contribution in [1.82, 2.24) is 5.32 Å². The highest BCUT2D eigenvalue weighted by molar-refractivity contribution is 5.22. The highest BCUT2D eigenvalue weighted by Crippen LogP contribution is 2.23. The third-order valence-electron chi connectivity index (χ3n) is 3.58. The number of benzene rings is 1. The van der Waals surface area contributed by atoms with Crippen molar-refractivity contribution in [2.24, 2.45) is 0 Å². The van der Waals surface area contributed by atoms with E-state index in [2.05, 4.69) is 19.2 Å². The van der Waals surface area contributed by atoms with Crippen molar-refractivity contribution in [1.29, 1.82) is 0 Å². The maximum absolute atomic E-state index is 13.9. The van der Waals surface area contributed by atoms with E-state index in [1.165, 1.54) is 31.7 Å². The molecule has 1 nitrogen and oxygen atoms in total.